The maximum Gasteiger partial charge on any atom is 0.240 e. The molecule has 3 rings (SSSR count). The van der Waals surface area contributed by atoms with Gasteiger partial charge in [-0.1, -0.05) is 35.9 Å². The molecule has 5 nitrogen and oxygen atoms in total. The van der Waals surface area contributed by atoms with Crippen molar-refractivity contribution < 1.29 is 13.2 Å². The Morgan fingerprint density at radius 1 is 1.15 bits per heavy atom. The van der Waals surface area contributed by atoms with Gasteiger partial charge in [0.05, 0.1) is 9.79 Å². The lowest BCUT2D eigenvalue weighted by molar-refractivity contribution is -0.121. The Hall–Kier alpha value is -2.57. The summed E-state index contributed by atoms with van der Waals surface area (Å²) in [6.45, 7) is 3.93. The Morgan fingerprint density at radius 3 is 2.54 bits per heavy atom. The van der Waals surface area contributed by atoms with Crippen LogP contribution in [0.15, 0.2) is 77.2 Å². The van der Waals surface area contributed by atoms with E-state index in [2.05, 4.69) is 11.9 Å². The van der Waals surface area contributed by atoms with Crippen molar-refractivity contribution in [3.63, 3.8) is 0 Å². The number of aromatic nitrogens is 1. The Labute approximate surface area is 156 Å². The first-order valence-corrected chi connectivity index (χ1v) is 9.75. The number of fused-ring (bicyclic) bond motifs is 1. The van der Waals surface area contributed by atoms with Crippen molar-refractivity contribution in [2.75, 3.05) is 6.54 Å². The summed E-state index contributed by atoms with van der Waals surface area (Å²) in [7, 11) is -3.74. The zero-order chi connectivity index (χ0) is 18.7. The van der Waals surface area contributed by atoms with E-state index >= 15 is 0 Å². The van der Waals surface area contributed by atoms with Gasteiger partial charge in [-0.2, -0.15) is 0 Å². The number of nitrogens with one attached hydrogen (secondary N) is 1. The number of nitrogens with zero attached hydrogens (tertiary/aromatic N) is 1. The highest BCUT2D eigenvalue weighted by atomic mass is 35.5. The van der Waals surface area contributed by atoms with Gasteiger partial charge in [-0.25, -0.2) is 8.42 Å². The van der Waals surface area contributed by atoms with Crippen LogP contribution in [0.3, 0.4) is 0 Å². The standard InChI is InChI=1S/C19H17ClN2O3S/c1-2-11-21-19(23)13-22-12-18(16-5-3-4-6-17(16)22)26(24,25)15-9-7-14(20)8-10-15/h2-10,12H,1,11,13H2,(H,21,23). The van der Waals surface area contributed by atoms with E-state index in [1.54, 1.807) is 34.9 Å². The van der Waals surface area contributed by atoms with Crippen LogP contribution in [0.4, 0.5) is 0 Å². The van der Waals surface area contributed by atoms with Gasteiger partial charge in [0, 0.05) is 28.7 Å². The molecule has 2 aromatic carbocycles. The van der Waals surface area contributed by atoms with Crippen molar-refractivity contribution in [3.05, 3.63) is 72.4 Å². The molecule has 3 aromatic rings. The summed E-state index contributed by atoms with van der Waals surface area (Å²) in [4.78, 5) is 12.4. The molecule has 1 N–H and O–H groups in total. The van der Waals surface area contributed by atoms with E-state index in [1.807, 2.05) is 0 Å². The number of benzene rings is 2. The lowest BCUT2D eigenvalue weighted by Crippen LogP contribution is -2.27. The van der Waals surface area contributed by atoms with Gasteiger partial charge in [0.2, 0.25) is 15.7 Å². The van der Waals surface area contributed by atoms with Crippen molar-refractivity contribution in [2.45, 2.75) is 16.3 Å². The summed E-state index contributed by atoms with van der Waals surface area (Å²) in [6, 6.07) is 13.1. The molecule has 134 valence electrons. The number of carbonyl (C=O) groups excluding carboxylic acids is 1. The number of rotatable bonds is 6. The fraction of sp³-hybridized carbons (Fsp3) is 0.105. The van der Waals surface area contributed by atoms with E-state index in [9.17, 15) is 13.2 Å². The van der Waals surface area contributed by atoms with Crippen LogP contribution >= 0.6 is 11.6 Å². The van der Waals surface area contributed by atoms with E-state index in [1.165, 1.54) is 30.5 Å². The molecule has 0 spiro atoms. The molecule has 1 aromatic heterocycles. The Bertz CT molecular complexity index is 1070. The summed E-state index contributed by atoms with van der Waals surface area (Å²) in [5.41, 5.74) is 0.675. The monoisotopic (exact) mass is 388 g/mol. The third-order valence-corrected chi connectivity index (χ3v) is 5.97. The molecule has 0 aliphatic carbocycles. The minimum atomic E-state index is -3.74. The Morgan fingerprint density at radius 2 is 1.85 bits per heavy atom. The summed E-state index contributed by atoms with van der Waals surface area (Å²) in [5, 5.41) is 3.72. The summed E-state index contributed by atoms with van der Waals surface area (Å²) >= 11 is 5.86. The largest absolute Gasteiger partial charge is 0.351 e. The molecule has 0 aliphatic heterocycles. The van der Waals surface area contributed by atoms with Crippen LogP contribution in [0.5, 0.6) is 0 Å². The number of halogens is 1. The molecule has 0 saturated carbocycles. The van der Waals surface area contributed by atoms with Crippen molar-refractivity contribution >= 4 is 38.2 Å². The zero-order valence-corrected chi connectivity index (χ0v) is 15.4. The third kappa shape index (κ3) is 3.52. The van der Waals surface area contributed by atoms with Crippen molar-refractivity contribution in [1.82, 2.24) is 9.88 Å². The molecule has 1 heterocycles. The normalized spacial score (nSPS) is 11.4. The molecule has 0 unspecified atom stereocenters. The van der Waals surface area contributed by atoms with Gasteiger partial charge < -0.3 is 9.88 Å². The van der Waals surface area contributed by atoms with Gasteiger partial charge in [-0.15, -0.1) is 6.58 Å². The van der Waals surface area contributed by atoms with Crippen molar-refractivity contribution in [2.24, 2.45) is 0 Å². The maximum atomic E-state index is 13.1. The number of hydrogen-bond donors (Lipinski definition) is 1. The minimum Gasteiger partial charge on any atom is -0.351 e. The molecule has 1 amide bonds. The van der Waals surface area contributed by atoms with E-state index in [0.717, 1.165) is 0 Å². The first kappa shape index (κ1) is 18.2. The van der Waals surface area contributed by atoms with Crippen LogP contribution in [-0.4, -0.2) is 25.4 Å². The van der Waals surface area contributed by atoms with E-state index in [-0.39, 0.29) is 22.2 Å². The fourth-order valence-electron chi connectivity index (χ4n) is 2.70. The lowest BCUT2D eigenvalue weighted by atomic mass is 10.2. The summed E-state index contributed by atoms with van der Waals surface area (Å²) in [6.07, 6.45) is 3.09. The van der Waals surface area contributed by atoms with Crippen LogP contribution in [0.2, 0.25) is 5.02 Å². The van der Waals surface area contributed by atoms with Gasteiger partial charge in [0.15, 0.2) is 0 Å². The van der Waals surface area contributed by atoms with Gasteiger partial charge >= 0.3 is 0 Å². The third-order valence-electron chi connectivity index (χ3n) is 3.92. The van der Waals surface area contributed by atoms with E-state index in [0.29, 0.717) is 22.5 Å². The fourth-order valence-corrected chi connectivity index (χ4v) is 4.30. The van der Waals surface area contributed by atoms with Crippen LogP contribution in [0.25, 0.3) is 10.9 Å². The predicted molar refractivity (Wildman–Crippen MR) is 102 cm³/mol. The molecule has 0 saturated heterocycles. The van der Waals surface area contributed by atoms with Crippen LogP contribution in [0.1, 0.15) is 0 Å². The molecule has 0 radical (unpaired) electrons. The second kappa shape index (κ2) is 7.35. The van der Waals surface area contributed by atoms with Crippen molar-refractivity contribution in [3.8, 4) is 0 Å². The van der Waals surface area contributed by atoms with Crippen LogP contribution in [-0.2, 0) is 21.2 Å². The average molecular weight is 389 g/mol. The van der Waals surface area contributed by atoms with E-state index < -0.39 is 9.84 Å². The molecule has 0 aliphatic rings. The lowest BCUT2D eigenvalue weighted by Gasteiger charge is -2.05. The van der Waals surface area contributed by atoms with Gasteiger partial charge in [-0.05, 0) is 30.3 Å². The van der Waals surface area contributed by atoms with Crippen LogP contribution < -0.4 is 5.32 Å². The highest BCUT2D eigenvalue weighted by molar-refractivity contribution is 7.91. The number of sulfone groups is 1. The molecular weight excluding hydrogens is 372 g/mol. The maximum absolute atomic E-state index is 13.1. The summed E-state index contributed by atoms with van der Waals surface area (Å²) in [5.74, 6) is -0.221. The Kier molecular flexibility index (Phi) is 5.15. The quantitative estimate of drug-likeness (QED) is 0.658. The van der Waals surface area contributed by atoms with Gasteiger partial charge in [-0.3, -0.25) is 4.79 Å². The smallest absolute Gasteiger partial charge is 0.240 e. The predicted octanol–water partition coefficient (Wildman–Crippen LogP) is 3.43. The van der Waals surface area contributed by atoms with Gasteiger partial charge in [0.25, 0.3) is 0 Å². The number of amides is 1. The molecule has 26 heavy (non-hydrogen) atoms. The zero-order valence-electron chi connectivity index (χ0n) is 13.9. The molecule has 0 bridgehead atoms. The minimum absolute atomic E-state index is 0.0183. The second-order valence-corrected chi connectivity index (χ2v) is 8.04. The molecule has 0 fully saturated rings. The van der Waals surface area contributed by atoms with Crippen molar-refractivity contribution in [1.29, 1.82) is 0 Å². The Balaban J connectivity index is 2.08. The molecule has 0 atom stereocenters. The summed E-state index contributed by atoms with van der Waals surface area (Å²) < 4.78 is 27.8. The topological polar surface area (TPSA) is 68.2 Å². The first-order valence-electron chi connectivity index (χ1n) is 7.89. The molecular formula is C19H17ClN2O3S. The number of hydrogen-bond acceptors (Lipinski definition) is 3. The SMILES string of the molecule is C=CCNC(=O)Cn1cc(S(=O)(=O)c2ccc(Cl)cc2)c2ccccc21. The van der Waals surface area contributed by atoms with Crippen LogP contribution in [0, 0.1) is 0 Å². The number of carbonyl (C=O) groups is 1. The highest BCUT2D eigenvalue weighted by Gasteiger charge is 2.23. The number of para-hydroxylation sites is 1. The first-order chi connectivity index (χ1) is 12.4. The second-order valence-electron chi connectivity index (χ2n) is 5.69. The van der Waals surface area contributed by atoms with E-state index in [4.69, 9.17) is 11.6 Å². The average Bonchev–Trinajstić information content (AvgIpc) is 3.00. The van der Waals surface area contributed by atoms with Gasteiger partial charge in [0.1, 0.15) is 6.54 Å². The molecule has 7 heteroatoms. The highest BCUT2D eigenvalue weighted by Crippen LogP contribution is 2.30.